The summed E-state index contributed by atoms with van der Waals surface area (Å²) in [4.78, 5) is 14.8. The highest BCUT2D eigenvalue weighted by Crippen LogP contribution is 2.33. The Morgan fingerprint density at radius 3 is 2.62 bits per heavy atom. The number of nitrogens with zero attached hydrogens (tertiary/aromatic N) is 1. The van der Waals surface area contributed by atoms with Crippen molar-refractivity contribution in [2.24, 2.45) is 5.92 Å². The number of nitrogens with one attached hydrogen (secondary N) is 2. The zero-order valence-corrected chi connectivity index (χ0v) is 16.8. The molecular weight excluding hydrogens is 366 g/mol. The third-order valence-corrected chi connectivity index (χ3v) is 6.26. The molecule has 0 bridgehead atoms. The summed E-state index contributed by atoms with van der Waals surface area (Å²) in [6.07, 6.45) is 1.97. The maximum Gasteiger partial charge on any atom is 0.253 e. The molecule has 2 atom stereocenters. The highest BCUT2D eigenvalue weighted by molar-refractivity contribution is 5.94. The normalized spacial score (nSPS) is 22.6. The number of hydrazine groups is 1. The molecule has 2 aliphatic rings. The lowest BCUT2D eigenvalue weighted by Gasteiger charge is -2.36. The van der Waals surface area contributed by atoms with Crippen LogP contribution in [0.2, 0.25) is 0 Å². The van der Waals surface area contributed by atoms with Crippen LogP contribution in [0, 0.1) is 5.92 Å². The first-order valence-corrected chi connectivity index (χ1v) is 10.3. The fraction of sp³-hybridized carbons (Fsp3) is 0.435. The molecule has 2 heterocycles. The van der Waals surface area contributed by atoms with Crippen molar-refractivity contribution in [1.29, 1.82) is 0 Å². The molecule has 2 saturated heterocycles. The van der Waals surface area contributed by atoms with E-state index in [0.717, 1.165) is 43.8 Å². The number of amides is 1. The number of hydrogen-bond donors (Lipinski definition) is 3. The number of benzene rings is 2. The Hall–Kier alpha value is -2.41. The number of piperidine rings is 1. The highest BCUT2D eigenvalue weighted by atomic mass is 16.5. The molecule has 2 aromatic carbocycles. The van der Waals surface area contributed by atoms with E-state index < -0.39 is 0 Å². The maximum atomic E-state index is 12.8. The maximum absolute atomic E-state index is 12.8. The van der Waals surface area contributed by atoms with Crippen LogP contribution in [0.15, 0.2) is 48.5 Å². The number of hydrogen-bond acceptors (Lipinski definition) is 5. The zero-order chi connectivity index (χ0) is 20.2. The molecule has 2 aromatic rings. The van der Waals surface area contributed by atoms with Gasteiger partial charge < -0.3 is 14.7 Å². The largest absolute Gasteiger partial charge is 0.497 e. The first-order chi connectivity index (χ1) is 14.2. The molecule has 4 rings (SSSR count). The molecule has 29 heavy (non-hydrogen) atoms. The quantitative estimate of drug-likeness (QED) is 0.725. The number of aliphatic hydroxyl groups excluding tert-OH is 1. The van der Waals surface area contributed by atoms with Gasteiger partial charge >= 0.3 is 0 Å². The van der Waals surface area contributed by atoms with Crippen molar-refractivity contribution in [3.05, 3.63) is 65.2 Å². The number of carbonyl (C=O) groups excluding carboxylic acids is 1. The van der Waals surface area contributed by atoms with Crippen LogP contribution >= 0.6 is 0 Å². The highest BCUT2D eigenvalue weighted by Gasteiger charge is 2.37. The molecule has 6 nitrogen and oxygen atoms in total. The second-order valence-corrected chi connectivity index (χ2v) is 7.92. The first kappa shape index (κ1) is 19.9. The van der Waals surface area contributed by atoms with Crippen molar-refractivity contribution in [3.63, 3.8) is 0 Å². The van der Waals surface area contributed by atoms with E-state index in [-0.39, 0.29) is 12.5 Å². The number of likely N-dealkylation sites (tertiary alicyclic amines) is 1. The van der Waals surface area contributed by atoms with Crippen molar-refractivity contribution in [2.75, 3.05) is 26.7 Å². The number of methoxy groups -OCH3 is 1. The SMILES string of the molecule is COc1cccc(C2CNNC2C2CCN(C(=O)c3ccc(CO)cc3)CC2)c1. The van der Waals surface area contributed by atoms with E-state index >= 15 is 0 Å². The van der Waals surface area contributed by atoms with Crippen molar-refractivity contribution >= 4 is 5.91 Å². The molecule has 0 saturated carbocycles. The van der Waals surface area contributed by atoms with Gasteiger partial charge in [0.2, 0.25) is 0 Å². The molecule has 0 aromatic heterocycles. The van der Waals surface area contributed by atoms with E-state index in [0.29, 0.717) is 23.4 Å². The molecule has 2 aliphatic heterocycles. The lowest BCUT2D eigenvalue weighted by molar-refractivity contribution is 0.0670. The Kier molecular flexibility index (Phi) is 6.13. The Balaban J connectivity index is 1.38. The Morgan fingerprint density at radius 2 is 1.93 bits per heavy atom. The topological polar surface area (TPSA) is 73.8 Å². The van der Waals surface area contributed by atoms with Gasteiger partial charge in [-0.25, -0.2) is 0 Å². The first-order valence-electron chi connectivity index (χ1n) is 10.3. The molecule has 0 aliphatic carbocycles. The van der Waals surface area contributed by atoms with Gasteiger partial charge in [0.15, 0.2) is 0 Å². The second-order valence-electron chi connectivity index (χ2n) is 7.92. The average molecular weight is 396 g/mol. The van der Waals surface area contributed by atoms with Crippen LogP contribution in [0.4, 0.5) is 0 Å². The lowest BCUT2D eigenvalue weighted by Crippen LogP contribution is -2.45. The van der Waals surface area contributed by atoms with E-state index in [1.807, 2.05) is 29.2 Å². The lowest BCUT2D eigenvalue weighted by atomic mass is 9.80. The minimum Gasteiger partial charge on any atom is -0.497 e. The molecule has 6 heteroatoms. The van der Waals surface area contributed by atoms with Crippen LogP contribution in [-0.2, 0) is 6.61 Å². The van der Waals surface area contributed by atoms with Gasteiger partial charge in [-0.05, 0) is 54.2 Å². The van der Waals surface area contributed by atoms with E-state index in [1.165, 1.54) is 5.56 Å². The zero-order valence-electron chi connectivity index (χ0n) is 16.8. The van der Waals surface area contributed by atoms with Gasteiger partial charge in [0.1, 0.15) is 5.75 Å². The van der Waals surface area contributed by atoms with Crippen molar-refractivity contribution < 1.29 is 14.6 Å². The number of rotatable bonds is 5. The molecule has 154 valence electrons. The molecule has 1 amide bonds. The molecule has 0 spiro atoms. The third kappa shape index (κ3) is 4.29. The summed E-state index contributed by atoms with van der Waals surface area (Å²) in [5, 5.41) is 9.17. The second kappa shape index (κ2) is 8.95. The smallest absolute Gasteiger partial charge is 0.253 e. The molecule has 3 N–H and O–H groups in total. The van der Waals surface area contributed by atoms with Gasteiger partial charge in [-0.2, -0.15) is 0 Å². The van der Waals surface area contributed by atoms with Crippen molar-refractivity contribution in [2.45, 2.75) is 31.4 Å². The van der Waals surface area contributed by atoms with Crippen LogP contribution < -0.4 is 15.6 Å². The van der Waals surface area contributed by atoms with Gasteiger partial charge in [0, 0.05) is 37.2 Å². The predicted molar refractivity (Wildman–Crippen MR) is 112 cm³/mol. The number of ether oxygens (including phenoxy) is 1. The van der Waals surface area contributed by atoms with E-state index in [4.69, 9.17) is 9.84 Å². The van der Waals surface area contributed by atoms with Gasteiger partial charge in [0.25, 0.3) is 5.91 Å². The fourth-order valence-electron chi connectivity index (χ4n) is 4.55. The summed E-state index contributed by atoms with van der Waals surface area (Å²) >= 11 is 0. The summed E-state index contributed by atoms with van der Waals surface area (Å²) < 4.78 is 5.39. The summed E-state index contributed by atoms with van der Waals surface area (Å²) in [7, 11) is 1.70. The third-order valence-electron chi connectivity index (χ3n) is 6.26. The summed E-state index contributed by atoms with van der Waals surface area (Å²) in [5.74, 6) is 1.88. The van der Waals surface area contributed by atoms with Crippen LogP contribution in [0.25, 0.3) is 0 Å². The van der Waals surface area contributed by atoms with Crippen LogP contribution in [0.5, 0.6) is 5.75 Å². The minimum absolute atomic E-state index is 0.00323. The minimum atomic E-state index is -0.00323. The van der Waals surface area contributed by atoms with Crippen molar-refractivity contribution in [3.8, 4) is 5.75 Å². The van der Waals surface area contributed by atoms with Crippen molar-refractivity contribution in [1.82, 2.24) is 15.8 Å². The number of carbonyl (C=O) groups is 1. The van der Waals surface area contributed by atoms with E-state index in [2.05, 4.69) is 23.0 Å². The summed E-state index contributed by atoms with van der Waals surface area (Å²) in [5.41, 5.74) is 9.62. The Labute approximate surface area is 171 Å². The molecule has 0 radical (unpaired) electrons. The van der Waals surface area contributed by atoms with Crippen LogP contribution in [0.1, 0.15) is 40.2 Å². The van der Waals surface area contributed by atoms with Crippen LogP contribution in [0.3, 0.4) is 0 Å². The predicted octanol–water partition coefficient (Wildman–Crippen LogP) is 2.30. The van der Waals surface area contributed by atoms with Gasteiger partial charge in [-0.1, -0.05) is 24.3 Å². The Morgan fingerprint density at radius 1 is 1.17 bits per heavy atom. The van der Waals surface area contributed by atoms with Crippen LogP contribution in [-0.4, -0.2) is 48.7 Å². The summed E-state index contributed by atoms with van der Waals surface area (Å²) in [6.45, 7) is 2.44. The van der Waals surface area contributed by atoms with E-state index in [9.17, 15) is 4.79 Å². The molecular formula is C23H29N3O3. The molecule has 2 fully saturated rings. The Bertz CT molecular complexity index is 832. The van der Waals surface area contributed by atoms with Gasteiger partial charge in [-0.15, -0.1) is 0 Å². The number of aliphatic hydroxyl groups is 1. The standard InChI is InChI=1S/C23H29N3O3/c1-29-20-4-2-3-19(13-20)21-14-24-25-22(21)17-9-11-26(12-10-17)23(28)18-7-5-16(15-27)6-8-18/h2-8,13,17,21-22,24-25,27H,9-12,14-15H2,1H3. The summed E-state index contributed by atoms with van der Waals surface area (Å²) in [6, 6.07) is 15.9. The average Bonchev–Trinajstić information content (AvgIpc) is 3.29. The van der Waals surface area contributed by atoms with E-state index in [1.54, 1.807) is 19.2 Å². The van der Waals surface area contributed by atoms with Gasteiger partial charge in [-0.3, -0.25) is 15.6 Å². The fourth-order valence-corrected chi connectivity index (χ4v) is 4.55. The molecule has 2 unspecified atom stereocenters. The monoisotopic (exact) mass is 395 g/mol. The van der Waals surface area contributed by atoms with Gasteiger partial charge in [0.05, 0.1) is 13.7 Å².